The summed E-state index contributed by atoms with van der Waals surface area (Å²) in [6.07, 6.45) is 2.76. The highest BCUT2D eigenvalue weighted by Gasteiger charge is 2.16. The van der Waals surface area contributed by atoms with Crippen LogP contribution < -0.4 is 15.5 Å². The van der Waals surface area contributed by atoms with Crippen molar-refractivity contribution >= 4 is 28.4 Å². The summed E-state index contributed by atoms with van der Waals surface area (Å²) in [6, 6.07) is 12.2. The zero-order chi connectivity index (χ0) is 21.7. The molecule has 0 bridgehead atoms. The molecule has 0 saturated heterocycles. The number of amides is 2. The smallest absolute Gasteiger partial charge is 0.279 e. The van der Waals surface area contributed by atoms with E-state index in [1.54, 1.807) is 0 Å². The third-order valence-electron chi connectivity index (χ3n) is 5.26. The predicted octanol–water partition coefficient (Wildman–Crippen LogP) is 1.91. The van der Waals surface area contributed by atoms with E-state index in [-0.39, 0.29) is 24.9 Å². The topological polar surface area (TPSA) is 78.4 Å². The molecule has 1 atom stereocenters. The molecular formula is C24H31N4O2+. The van der Waals surface area contributed by atoms with E-state index in [2.05, 4.69) is 33.8 Å². The van der Waals surface area contributed by atoms with Gasteiger partial charge >= 0.3 is 0 Å². The van der Waals surface area contributed by atoms with Crippen molar-refractivity contribution in [3.05, 3.63) is 64.8 Å². The fraction of sp³-hybridized carbons (Fsp3) is 0.333. The third-order valence-corrected chi connectivity index (χ3v) is 5.26. The number of nitrogens with one attached hydrogen (secondary N) is 4. The second kappa shape index (κ2) is 9.59. The molecule has 2 aromatic carbocycles. The van der Waals surface area contributed by atoms with Gasteiger partial charge in [0.2, 0.25) is 0 Å². The number of H-pyrrole nitrogens is 1. The summed E-state index contributed by atoms with van der Waals surface area (Å²) in [4.78, 5) is 28.8. The van der Waals surface area contributed by atoms with E-state index in [0.29, 0.717) is 6.54 Å². The summed E-state index contributed by atoms with van der Waals surface area (Å²) in [5.74, 6) is -0.142. The van der Waals surface area contributed by atoms with Crippen LogP contribution in [0.15, 0.2) is 42.6 Å². The number of hydrogen-bond acceptors (Lipinski definition) is 2. The Morgan fingerprint density at radius 3 is 2.40 bits per heavy atom. The lowest BCUT2D eigenvalue weighted by Crippen LogP contribution is -3.11. The van der Waals surface area contributed by atoms with E-state index in [1.165, 1.54) is 16.5 Å². The first-order chi connectivity index (χ1) is 14.3. The minimum atomic E-state index is -0.0888. The van der Waals surface area contributed by atoms with Crippen molar-refractivity contribution in [2.75, 3.05) is 32.0 Å². The maximum atomic E-state index is 12.4. The molecule has 4 N–H and O–H groups in total. The van der Waals surface area contributed by atoms with Crippen molar-refractivity contribution in [3.8, 4) is 0 Å². The van der Waals surface area contributed by atoms with Gasteiger partial charge in [-0.2, -0.15) is 0 Å². The fourth-order valence-corrected chi connectivity index (χ4v) is 3.91. The van der Waals surface area contributed by atoms with Crippen LogP contribution in [-0.4, -0.2) is 43.5 Å². The Hall–Kier alpha value is -3.12. The Morgan fingerprint density at radius 2 is 1.67 bits per heavy atom. The highest BCUT2D eigenvalue weighted by Crippen LogP contribution is 2.21. The van der Waals surface area contributed by atoms with E-state index in [1.807, 2.05) is 52.2 Å². The SMILES string of the molecule is Cc1cc(C)c(NC(=O)C[NH+](C)CC(=O)NCCc2c[nH]c3ccccc23)c(C)c1. The Kier molecular flexibility index (Phi) is 6.90. The van der Waals surface area contributed by atoms with Gasteiger partial charge in [-0.05, 0) is 49.9 Å². The van der Waals surface area contributed by atoms with Crippen molar-refractivity contribution < 1.29 is 14.5 Å². The lowest BCUT2D eigenvalue weighted by molar-refractivity contribution is -0.862. The van der Waals surface area contributed by atoms with E-state index in [4.69, 9.17) is 0 Å². The number of carbonyl (C=O) groups is 2. The molecular weight excluding hydrogens is 376 g/mol. The predicted molar refractivity (Wildman–Crippen MR) is 121 cm³/mol. The molecule has 0 radical (unpaired) electrons. The van der Waals surface area contributed by atoms with Crippen LogP contribution in [0.1, 0.15) is 22.3 Å². The number of anilines is 1. The minimum absolute atomic E-state index is 0.0529. The van der Waals surface area contributed by atoms with Crippen LogP contribution in [0.5, 0.6) is 0 Å². The minimum Gasteiger partial charge on any atom is -0.361 e. The average Bonchev–Trinajstić information content (AvgIpc) is 3.08. The standard InChI is InChI=1S/C24H30N4O2/c1-16-11-17(2)24(18(3)12-16)27-23(30)15-28(4)14-22(29)25-10-9-19-13-26-21-8-6-5-7-20(19)21/h5-8,11-13,26H,9-10,14-15H2,1-4H3,(H,25,29)(H,27,30)/p+1. The van der Waals surface area contributed by atoms with Crippen molar-refractivity contribution in [1.29, 1.82) is 0 Å². The first-order valence-electron chi connectivity index (χ1n) is 10.3. The molecule has 3 aromatic rings. The molecule has 158 valence electrons. The second-order valence-electron chi connectivity index (χ2n) is 8.09. The molecule has 1 heterocycles. The van der Waals surface area contributed by atoms with Crippen LogP contribution in [-0.2, 0) is 16.0 Å². The number of rotatable bonds is 8. The number of aryl methyl sites for hydroxylation is 3. The number of likely N-dealkylation sites (N-methyl/N-ethyl adjacent to an activating group) is 1. The van der Waals surface area contributed by atoms with Gasteiger partial charge in [-0.3, -0.25) is 9.59 Å². The molecule has 6 nitrogen and oxygen atoms in total. The van der Waals surface area contributed by atoms with E-state index in [9.17, 15) is 9.59 Å². The Morgan fingerprint density at radius 1 is 1.00 bits per heavy atom. The highest BCUT2D eigenvalue weighted by atomic mass is 16.2. The normalized spacial score (nSPS) is 12.0. The molecule has 2 amide bonds. The summed E-state index contributed by atoms with van der Waals surface area (Å²) in [5, 5.41) is 7.14. The molecule has 0 spiro atoms. The van der Waals surface area contributed by atoms with Crippen molar-refractivity contribution in [2.45, 2.75) is 27.2 Å². The summed E-state index contributed by atoms with van der Waals surface area (Å²) >= 11 is 0. The van der Waals surface area contributed by atoms with Gasteiger partial charge in [0.1, 0.15) is 0 Å². The molecule has 0 aliphatic carbocycles. The van der Waals surface area contributed by atoms with E-state index < -0.39 is 0 Å². The van der Waals surface area contributed by atoms with Crippen molar-refractivity contribution in [3.63, 3.8) is 0 Å². The summed E-state index contributed by atoms with van der Waals surface area (Å²) in [6.45, 7) is 7.10. The molecule has 0 fully saturated rings. The van der Waals surface area contributed by atoms with Crippen molar-refractivity contribution in [1.82, 2.24) is 10.3 Å². The fourth-order valence-electron chi connectivity index (χ4n) is 3.91. The molecule has 1 aromatic heterocycles. The molecule has 0 aliphatic heterocycles. The van der Waals surface area contributed by atoms with Crippen LogP contribution in [0.25, 0.3) is 10.9 Å². The quantitative estimate of drug-likeness (QED) is 0.460. The Labute approximate surface area is 177 Å². The highest BCUT2D eigenvalue weighted by molar-refractivity contribution is 5.93. The Balaban J connectivity index is 1.43. The van der Waals surface area contributed by atoms with Gasteiger partial charge in [0.25, 0.3) is 11.8 Å². The number of quaternary nitrogens is 1. The van der Waals surface area contributed by atoms with Crippen LogP contribution in [0, 0.1) is 20.8 Å². The Bertz CT molecular complexity index is 1030. The number of benzene rings is 2. The van der Waals surface area contributed by atoms with Gasteiger partial charge in [0.05, 0.1) is 7.05 Å². The molecule has 6 heteroatoms. The lowest BCUT2D eigenvalue weighted by Gasteiger charge is -2.16. The lowest BCUT2D eigenvalue weighted by atomic mass is 10.1. The van der Waals surface area contributed by atoms with E-state index in [0.717, 1.165) is 33.7 Å². The van der Waals surface area contributed by atoms with Gasteiger partial charge in [-0.1, -0.05) is 35.9 Å². The van der Waals surface area contributed by atoms with Gasteiger partial charge in [0.15, 0.2) is 13.1 Å². The van der Waals surface area contributed by atoms with Crippen LogP contribution in [0.3, 0.4) is 0 Å². The number of fused-ring (bicyclic) bond motifs is 1. The van der Waals surface area contributed by atoms with Gasteiger partial charge in [-0.15, -0.1) is 0 Å². The largest absolute Gasteiger partial charge is 0.361 e. The van der Waals surface area contributed by atoms with Crippen LogP contribution >= 0.6 is 0 Å². The van der Waals surface area contributed by atoms with Crippen LogP contribution in [0.2, 0.25) is 0 Å². The molecule has 1 unspecified atom stereocenters. The first kappa shape index (κ1) is 21.6. The summed E-state index contributed by atoms with van der Waals surface area (Å²) in [7, 11) is 1.85. The van der Waals surface area contributed by atoms with Crippen molar-refractivity contribution in [2.24, 2.45) is 0 Å². The monoisotopic (exact) mass is 407 g/mol. The third kappa shape index (κ3) is 5.48. The number of aromatic nitrogens is 1. The van der Waals surface area contributed by atoms with Gasteiger partial charge in [0, 0.05) is 29.3 Å². The van der Waals surface area contributed by atoms with Gasteiger partial charge in [-0.25, -0.2) is 0 Å². The zero-order valence-electron chi connectivity index (χ0n) is 18.2. The molecule has 0 aliphatic rings. The van der Waals surface area contributed by atoms with E-state index >= 15 is 0 Å². The molecule has 3 rings (SSSR count). The number of para-hydroxylation sites is 1. The average molecular weight is 408 g/mol. The number of carbonyl (C=O) groups excluding carboxylic acids is 2. The maximum Gasteiger partial charge on any atom is 0.279 e. The summed E-state index contributed by atoms with van der Waals surface area (Å²) < 4.78 is 0. The molecule has 0 saturated carbocycles. The second-order valence-corrected chi connectivity index (χ2v) is 8.09. The number of hydrogen-bond donors (Lipinski definition) is 4. The zero-order valence-corrected chi connectivity index (χ0v) is 18.2. The first-order valence-corrected chi connectivity index (χ1v) is 10.3. The number of aromatic amines is 1. The summed E-state index contributed by atoms with van der Waals surface area (Å²) in [5.41, 5.74) is 6.43. The van der Waals surface area contributed by atoms with Crippen LogP contribution in [0.4, 0.5) is 5.69 Å². The maximum absolute atomic E-state index is 12.4. The van der Waals surface area contributed by atoms with Gasteiger partial charge < -0.3 is 20.5 Å². The molecule has 30 heavy (non-hydrogen) atoms.